The number of nitrogens with zero attached hydrogens (tertiary/aromatic N) is 1. The molecular formula is C20H28N2O6S. The van der Waals surface area contributed by atoms with Crippen molar-refractivity contribution in [3.8, 4) is 0 Å². The second-order valence-corrected chi connectivity index (χ2v) is 9.39. The lowest BCUT2D eigenvalue weighted by molar-refractivity contribution is -0.152. The first-order valence-corrected chi connectivity index (χ1v) is 11.5. The summed E-state index contributed by atoms with van der Waals surface area (Å²) < 4.78 is 37.6. The van der Waals surface area contributed by atoms with Gasteiger partial charge in [-0.25, -0.2) is 8.42 Å². The quantitative estimate of drug-likeness (QED) is 0.702. The van der Waals surface area contributed by atoms with Crippen LogP contribution in [0.3, 0.4) is 0 Å². The van der Waals surface area contributed by atoms with Gasteiger partial charge in [0.2, 0.25) is 10.0 Å². The van der Waals surface area contributed by atoms with Crippen LogP contribution in [0.2, 0.25) is 0 Å². The van der Waals surface area contributed by atoms with E-state index in [1.807, 2.05) is 0 Å². The first-order valence-electron chi connectivity index (χ1n) is 10.0. The fraction of sp³-hybridized carbons (Fsp3) is 0.600. The van der Waals surface area contributed by atoms with Crippen LogP contribution in [0.4, 0.5) is 5.69 Å². The Hall–Kier alpha value is -1.97. The largest absolute Gasteiger partial charge is 0.455 e. The van der Waals surface area contributed by atoms with E-state index in [2.05, 4.69) is 5.32 Å². The molecule has 0 bridgehead atoms. The number of carbonyl (C=O) groups is 2. The monoisotopic (exact) mass is 424 g/mol. The predicted molar refractivity (Wildman–Crippen MR) is 107 cm³/mol. The van der Waals surface area contributed by atoms with Gasteiger partial charge in [0.15, 0.2) is 6.61 Å². The van der Waals surface area contributed by atoms with Gasteiger partial charge >= 0.3 is 5.97 Å². The minimum Gasteiger partial charge on any atom is -0.455 e. The predicted octanol–water partition coefficient (Wildman–Crippen LogP) is 2.08. The lowest BCUT2D eigenvalue weighted by Gasteiger charge is -2.26. The molecule has 8 nitrogen and oxygen atoms in total. The van der Waals surface area contributed by atoms with Gasteiger partial charge < -0.3 is 14.8 Å². The van der Waals surface area contributed by atoms with Gasteiger partial charge in [0.25, 0.3) is 5.91 Å². The van der Waals surface area contributed by atoms with E-state index in [0.29, 0.717) is 37.6 Å². The smallest absolute Gasteiger partial charge is 0.309 e. The average Bonchev–Trinajstić information content (AvgIpc) is 2.74. The van der Waals surface area contributed by atoms with E-state index < -0.39 is 15.9 Å². The molecule has 0 atom stereocenters. The summed E-state index contributed by atoms with van der Waals surface area (Å²) in [6.45, 7) is 2.66. The molecule has 1 aromatic carbocycles. The second kappa shape index (κ2) is 9.69. The first kappa shape index (κ1) is 21.7. The van der Waals surface area contributed by atoms with Crippen LogP contribution in [0, 0.1) is 12.8 Å². The van der Waals surface area contributed by atoms with Gasteiger partial charge in [-0.3, -0.25) is 9.59 Å². The van der Waals surface area contributed by atoms with Crippen LogP contribution in [0.25, 0.3) is 0 Å². The second-order valence-electron chi connectivity index (χ2n) is 7.49. The lowest BCUT2D eigenvalue weighted by Crippen LogP contribution is -2.40. The molecule has 1 amide bonds. The molecule has 9 heteroatoms. The fourth-order valence-electron chi connectivity index (χ4n) is 3.67. The number of anilines is 1. The molecular weight excluding hydrogens is 396 g/mol. The van der Waals surface area contributed by atoms with Gasteiger partial charge in [0.05, 0.1) is 24.0 Å². The summed E-state index contributed by atoms with van der Waals surface area (Å²) in [6.07, 6.45) is 4.77. The molecule has 0 spiro atoms. The Morgan fingerprint density at radius 1 is 1.17 bits per heavy atom. The van der Waals surface area contributed by atoms with E-state index >= 15 is 0 Å². The molecule has 160 valence electrons. The van der Waals surface area contributed by atoms with Crippen LogP contribution >= 0.6 is 0 Å². The van der Waals surface area contributed by atoms with Crippen LogP contribution in [-0.4, -0.2) is 57.5 Å². The number of benzene rings is 1. The molecule has 0 unspecified atom stereocenters. The zero-order chi connectivity index (χ0) is 20.9. The number of hydrogen-bond acceptors (Lipinski definition) is 6. The molecule has 3 rings (SSSR count). The molecule has 1 heterocycles. The number of nitrogens with one attached hydrogen (secondary N) is 1. The van der Waals surface area contributed by atoms with Crippen molar-refractivity contribution in [2.24, 2.45) is 5.92 Å². The lowest BCUT2D eigenvalue weighted by atomic mass is 9.89. The minimum absolute atomic E-state index is 0.124. The van der Waals surface area contributed by atoms with E-state index in [4.69, 9.17) is 9.47 Å². The maximum Gasteiger partial charge on any atom is 0.309 e. The summed E-state index contributed by atoms with van der Waals surface area (Å²) in [7, 11) is -3.67. The molecule has 0 aromatic heterocycles. The maximum absolute atomic E-state index is 12.9. The topological polar surface area (TPSA) is 102 Å². The highest BCUT2D eigenvalue weighted by Gasteiger charge is 2.28. The number of hydrogen-bond donors (Lipinski definition) is 1. The van der Waals surface area contributed by atoms with E-state index in [1.54, 1.807) is 19.1 Å². The van der Waals surface area contributed by atoms with Gasteiger partial charge in [-0.1, -0.05) is 25.3 Å². The summed E-state index contributed by atoms with van der Waals surface area (Å²) in [5.74, 6) is -0.951. The third kappa shape index (κ3) is 5.55. The number of morpholine rings is 1. The molecule has 1 aromatic rings. The van der Waals surface area contributed by atoms with Gasteiger partial charge in [0, 0.05) is 18.8 Å². The van der Waals surface area contributed by atoms with Crippen molar-refractivity contribution in [3.05, 3.63) is 23.8 Å². The number of rotatable bonds is 6. The van der Waals surface area contributed by atoms with Gasteiger partial charge in [-0.2, -0.15) is 4.31 Å². The van der Waals surface area contributed by atoms with Crippen LogP contribution in [0.15, 0.2) is 23.1 Å². The number of amides is 1. The summed E-state index contributed by atoms with van der Waals surface area (Å²) in [5, 5.41) is 2.62. The highest BCUT2D eigenvalue weighted by molar-refractivity contribution is 7.89. The number of carbonyl (C=O) groups excluding carboxylic acids is 2. The van der Waals surface area contributed by atoms with E-state index in [1.165, 1.54) is 10.4 Å². The van der Waals surface area contributed by atoms with Crippen molar-refractivity contribution < 1.29 is 27.5 Å². The molecule has 1 aliphatic carbocycles. The number of aryl methyl sites for hydroxylation is 1. The molecule has 1 saturated heterocycles. The van der Waals surface area contributed by atoms with Crippen molar-refractivity contribution in [3.63, 3.8) is 0 Å². The van der Waals surface area contributed by atoms with Gasteiger partial charge in [-0.05, 0) is 37.5 Å². The summed E-state index contributed by atoms with van der Waals surface area (Å²) in [5.41, 5.74) is 0.944. The van der Waals surface area contributed by atoms with Gasteiger partial charge in [0.1, 0.15) is 0 Å². The Kier molecular flexibility index (Phi) is 7.26. The van der Waals surface area contributed by atoms with Crippen molar-refractivity contribution in [1.82, 2.24) is 4.31 Å². The van der Waals surface area contributed by atoms with Crippen molar-refractivity contribution in [1.29, 1.82) is 0 Å². The van der Waals surface area contributed by atoms with Gasteiger partial charge in [-0.15, -0.1) is 0 Å². The molecule has 1 saturated carbocycles. The molecule has 2 aliphatic rings. The molecule has 29 heavy (non-hydrogen) atoms. The van der Waals surface area contributed by atoms with Crippen LogP contribution in [-0.2, 0) is 29.1 Å². The first-order chi connectivity index (χ1) is 13.9. The Bertz CT molecular complexity index is 843. The van der Waals surface area contributed by atoms with Crippen LogP contribution < -0.4 is 5.32 Å². The van der Waals surface area contributed by atoms with Crippen molar-refractivity contribution in [2.75, 3.05) is 38.2 Å². The summed E-state index contributed by atoms with van der Waals surface area (Å²) >= 11 is 0. The number of ether oxygens (including phenoxy) is 2. The number of esters is 1. The Labute approximate surface area is 171 Å². The fourth-order valence-corrected chi connectivity index (χ4v) is 5.33. The Morgan fingerprint density at radius 2 is 1.86 bits per heavy atom. The van der Waals surface area contributed by atoms with Crippen LogP contribution in [0.1, 0.15) is 37.7 Å². The molecule has 1 N–H and O–H groups in total. The molecule has 2 fully saturated rings. The van der Waals surface area contributed by atoms with E-state index in [9.17, 15) is 18.0 Å². The summed E-state index contributed by atoms with van der Waals surface area (Å²) in [4.78, 5) is 24.4. The number of sulfonamides is 1. The standard InChI is InChI=1S/C20H28N2O6S/c1-15-7-8-17(13-18(15)29(25,26)22-9-11-27-12-10-22)21-19(23)14-28-20(24)16-5-3-2-4-6-16/h7-8,13,16H,2-6,9-12,14H2,1H3,(H,21,23). The summed E-state index contributed by atoms with van der Waals surface area (Å²) in [6, 6.07) is 4.73. The Morgan fingerprint density at radius 3 is 2.55 bits per heavy atom. The van der Waals surface area contributed by atoms with E-state index in [0.717, 1.165) is 32.1 Å². The van der Waals surface area contributed by atoms with Crippen LogP contribution in [0.5, 0.6) is 0 Å². The highest BCUT2D eigenvalue weighted by atomic mass is 32.2. The molecule has 0 radical (unpaired) electrons. The average molecular weight is 425 g/mol. The van der Waals surface area contributed by atoms with E-state index in [-0.39, 0.29) is 23.4 Å². The zero-order valence-electron chi connectivity index (χ0n) is 16.7. The highest BCUT2D eigenvalue weighted by Crippen LogP contribution is 2.25. The van der Waals surface area contributed by atoms with Crippen molar-refractivity contribution in [2.45, 2.75) is 43.9 Å². The molecule has 1 aliphatic heterocycles. The maximum atomic E-state index is 12.9. The third-order valence-corrected chi connectivity index (χ3v) is 7.38. The van der Waals surface area contributed by atoms with Crippen molar-refractivity contribution >= 4 is 27.6 Å². The third-order valence-electron chi connectivity index (χ3n) is 5.34. The SMILES string of the molecule is Cc1ccc(NC(=O)COC(=O)C2CCCCC2)cc1S(=O)(=O)N1CCOCC1. The normalized spacial score (nSPS) is 18.9. The minimum atomic E-state index is -3.67. The zero-order valence-corrected chi connectivity index (χ0v) is 17.5. The Balaban J connectivity index is 1.61.